The molecule has 0 aromatic rings. The molecule has 0 aromatic carbocycles. The van der Waals surface area contributed by atoms with Crippen LogP contribution in [0.1, 0.15) is 6.42 Å². The van der Waals surface area contributed by atoms with Crippen molar-refractivity contribution in [3.8, 4) is 0 Å². The van der Waals surface area contributed by atoms with Crippen LogP contribution in [0.3, 0.4) is 0 Å². The fourth-order valence-electron chi connectivity index (χ4n) is 1.30. The second-order valence-electron chi connectivity index (χ2n) is 3.39. The summed E-state index contributed by atoms with van der Waals surface area (Å²) in [5.41, 5.74) is 0. The van der Waals surface area contributed by atoms with Crippen molar-refractivity contribution in [3.63, 3.8) is 0 Å². The maximum atomic E-state index is 11.0. The zero-order valence-corrected chi connectivity index (χ0v) is 8.99. The van der Waals surface area contributed by atoms with Gasteiger partial charge in [-0.25, -0.2) is 21.6 Å². The zero-order valence-electron chi connectivity index (χ0n) is 7.36. The first kappa shape index (κ1) is 10.9. The van der Waals surface area contributed by atoms with Crippen LogP contribution in [0.2, 0.25) is 0 Å². The molecule has 5 nitrogen and oxygen atoms in total. The Labute approximate surface area is 78.5 Å². The van der Waals surface area contributed by atoms with Gasteiger partial charge in [0, 0.05) is 6.54 Å². The van der Waals surface area contributed by atoms with Crippen molar-refractivity contribution in [3.05, 3.63) is 0 Å². The van der Waals surface area contributed by atoms with Crippen LogP contribution in [0.25, 0.3) is 0 Å². The molecule has 1 heterocycles. The van der Waals surface area contributed by atoms with Crippen LogP contribution in [-0.2, 0) is 19.9 Å². The normalized spacial score (nSPS) is 27.6. The summed E-state index contributed by atoms with van der Waals surface area (Å²) >= 11 is 0. The SMILES string of the molecule is CS(=O)(=O)NCC1CCS(=O)(=O)C1. The van der Waals surface area contributed by atoms with E-state index in [2.05, 4.69) is 4.72 Å². The molecule has 78 valence electrons. The predicted octanol–water partition coefficient (Wildman–Crippen LogP) is -1.03. The van der Waals surface area contributed by atoms with Gasteiger partial charge in [0.2, 0.25) is 10.0 Å². The number of hydrogen-bond acceptors (Lipinski definition) is 4. The van der Waals surface area contributed by atoms with Crippen molar-refractivity contribution in [1.29, 1.82) is 0 Å². The summed E-state index contributed by atoms with van der Waals surface area (Å²) in [5, 5.41) is 0. The van der Waals surface area contributed by atoms with Gasteiger partial charge in [-0.2, -0.15) is 0 Å². The lowest BCUT2D eigenvalue weighted by atomic mass is 10.1. The summed E-state index contributed by atoms with van der Waals surface area (Å²) in [6.07, 6.45) is 1.63. The highest BCUT2D eigenvalue weighted by molar-refractivity contribution is 7.91. The first-order chi connectivity index (χ1) is 5.79. The molecule has 0 radical (unpaired) electrons. The summed E-state index contributed by atoms with van der Waals surface area (Å²) in [4.78, 5) is 0. The molecule has 1 aliphatic rings. The van der Waals surface area contributed by atoms with E-state index in [1.54, 1.807) is 0 Å². The monoisotopic (exact) mass is 227 g/mol. The highest BCUT2D eigenvalue weighted by Crippen LogP contribution is 2.17. The summed E-state index contributed by atoms with van der Waals surface area (Å²) in [5.74, 6) is 0.234. The Balaban J connectivity index is 2.42. The fourth-order valence-corrected chi connectivity index (χ4v) is 3.70. The van der Waals surface area contributed by atoms with Crippen molar-refractivity contribution in [1.82, 2.24) is 4.72 Å². The lowest BCUT2D eigenvalue weighted by molar-refractivity contribution is 0.547. The minimum atomic E-state index is -3.19. The average Bonchev–Trinajstić information content (AvgIpc) is 2.24. The number of sulfonamides is 1. The van der Waals surface area contributed by atoms with Gasteiger partial charge in [-0.05, 0) is 12.3 Å². The van der Waals surface area contributed by atoms with Crippen LogP contribution in [0, 0.1) is 5.92 Å². The lowest BCUT2D eigenvalue weighted by Gasteiger charge is -2.06. The van der Waals surface area contributed by atoms with E-state index >= 15 is 0 Å². The highest BCUT2D eigenvalue weighted by atomic mass is 32.2. The van der Waals surface area contributed by atoms with Crippen LogP contribution in [0.4, 0.5) is 0 Å². The van der Waals surface area contributed by atoms with Crippen molar-refractivity contribution < 1.29 is 16.8 Å². The Morgan fingerprint density at radius 3 is 2.46 bits per heavy atom. The van der Waals surface area contributed by atoms with Crippen LogP contribution >= 0.6 is 0 Å². The van der Waals surface area contributed by atoms with Gasteiger partial charge in [0.05, 0.1) is 17.8 Å². The molecule has 0 aromatic heterocycles. The van der Waals surface area contributed by atoms with Gasteiger partial charge in [0.15, 0.2) is 9.84 Å². The predicted molar refractivity (Wildman–Crippen MR) is 49.6 cm³/mol. The van der Waals surface area contributed by atoms with Gasteiger partial charge in [-0.1, -0.05) is 0 Å². The molecule has 13 heavy (non-hydrogen) atoms. The van der Waals surface area contributed by atoms with Gasteiger partial charge in [0.25, 0.3) is 0 Å². The number of nitrogens with one attached hydrogen (secondary N) is 1. The smallest absolute Gasteiger partial charge is 0.208 e. The van der Waals surface area contributed by atoms with Crippen LogP contribution in [0.15, 0.2) is 0 Å². The molecule has 1 rings (SSSR count). The van der Waals surface area contributed by atoms with Crippen LogP contribution < -0.4 is 4.72 Å². The first-order valence-corrected chi connectivity index (χ1v) is 7.65. The zero-order chi connectivity index (χ0) is 10.1. The Kier molecular flexibility index (Phi) is 2.98. The minimum absolute atomic E-state index is 0.0558. The van der Waals surface area contributed by atoms with Gasteiger partial charge >= 0.3 is 0 Å². The summed E-state index contributed by atoms with van der Waals surface area (Å²) < 4.78 is 45.7. The Hall–Kier alpha value is -0.140. The standard InChI is InChI=1S/C6H13NO4S2/c1-12(8,9)7-4-6-2-3-13(10,11)5-6/h6-7H,2-5H2,1H3. The second kappa shape index (κ2) is 3.55. The maximum absolute atomic E-state index is 11.0. The summed E-state index contributed by atoms with van der Waals surface area (Å²) in [7, 11) is -6.09. The van der Waals surface area contributed by atoms with E-state index in [4.69, 9.17) is 0 Å². The van der Waals surface area contributed by atoms with E-state index in [1.807, 2.05) is 0 Å². The van der Waals surface area contributed by atoms with Crippen molar-refractivity contribution in [2.75, 3.05) is 24.3 Å². The highest BCUT2D eigenvalue weighted by Gasteiger charge is 2.27. The Bertz CT molecular complexity index is 369. The molecular weight excluding hydrogens is 214 g/mol. The van der Waals surface area contributed by atoms with E-state index in [-0.39, 0.29) is 24.0 Å². The molecule has 0 bridgehead atoms. The van der Waals surface area contributed by atoms with Crippen LogP contribution in [-0.4, -0.2) is 41.1 Å². The van der Waals surface area contributed by atoms with Gasteiger partial charge in [0.1, 0.15) is 0 Å². The number of hydrogen-bond donors (Lipinski definition) is 1. The lowest BCUT2D eigenvalue weighted by Crippen LogP contribution is -2.28. The third kappa shape index (κ3) is 4.06. The average molecular weight is 227 g/mol. The minimum Gasteiger partial charge on any atom is -0.229 e. The van der Waals surface area contributed by atoms with E-state index in [0.29, 0.717) is 6.42 Å². The number of sulfone groups is 1. The molecule has 0 spiro atoms. The van der Waals surface area contributed by atoms with Crippen molar-refractivity contribution >= 4 is 19.9 Å². The fraction of sp³-hybridized carbons (Fsp3) is 1.00. The third-order valence-electron chi connectivity index (χ3n) is 1.96. The molecule has 1 atom stereocenters. The molecule has 1 saturated heterocycles. The molecule has 1 unspecified atom stereocenters. The first-order valence-electron chi connectivity index (χ1n) is 3.93. The molecular formula is C6H13NO4S2. The largest absolute Gasteiger partial charge is 0.229 e. The van der Waals surface area contributed by atoms with Crippen LogP contribution in [0.5, 0.6) is 0 Å². The van der Waals surface area contributed by atoms with Crippen molar-refractivity contribution in [2.24, 2.45) is 5.92 Å². The maximum Gasteiger partial charge on any atom is 0.208 e. The van der Waals surface area contributed by atoms with E-state index in [0.717, 1.165) is 6.26 Å². The molecule has 0 amide bonds. The van der Waals surface area contributed by atoms with E-state index < -0.39 is 19.9 Å². The Morgan fingerprint density at radius 2 is 2.08 bits per heavy atom. The molecule has 0 aliphatic carbocycles. The Morgan fingerprint density at radius 1 is 1.46 bits per heavy atom. The molecule has 1 aliphatic heterocycles. The van der Waals surface area contributed by atoms with Gasteiger partial charge in [-0.3, -0.25) is 0 Å². The third-order valence-corrected chi connectivity index (χ3v) is 4.49. The molecule has 7 heteroatoms. The van der Waals surface area contributed by atoms with Crippen molar-refractivity contribution in [2.45, 2.75) is 6.42 Å². The summed E-state index contributed by atoms with van der Waals surface area (Å²) in [6, 6.07) is 0. The van der Waals surface area contributed by atoms with E-state index in [9.17, 15) is 16.8 Å². The molecule has 1 N–H and O–H groups in total. The quantitative estimate of drug-likeness (QED) is 0.668. The molecule has 0 saturated carbocycles. The van der Waals surface area contributed by atoms with Gasteiger partial charge in [-0.15, -0.1) is 0 Å². The molecule has 1 fully saturated rings. The number of rotatable bonds is 3. The topological polar surface area (TPSA) is 80.3 Å². The van der Waals surface area contributed by atoms with Gasteiger partial charge < -0.3 is 0 Å². The second-order valence-corrected chi connectivity index (χ2v) is 7.45. The van der Waals surface area contributed by atoms with E-state index in [1.165, 1.54) is 0 Å². The summed E-state index contributed by atoms with van der Waals surface area (Å²) in [6.45, 7) is 0.234.